The van der Waals surface area contributed by atoms with Crippen molar-refractivity contribution in [2.45, 2.75) is 43.5 Å². The van der Waals surface area contributed by atoms with Gasteiger partial charge in [-0.25, -0.2) is 17.2 Å². The summed E-state index contributed by atoms with van der Waals surface area (Å²) in [5.74, 6) is -3.06. The Hall–Kier alpha value is -4.16. The van der Waals surface area contributed by atoms with Crippen molar-refractivity contribution >= 4 is 21.4 Å². The molecule has 2 heterocycles. The summed E-state index contributed by atoms with van der Waals surface area (Å²) in [6.07, 6.45) is 0.195. The number of hydrogen-bond donors (Lipinski definition) is 1. The minimum absolute atomic E-state index is 0.0408. The van der Waals surface area contributed by atoms with Crippen LogP contribution in [0.1, 0.15) is 37.3 Å². The zero-order valence-corrected chi connectivity index (χ0v) is 23.4. The first-order valence-corrected chi connectivity index (χ1v) is 14.6. The summed E-state index contributed by atoms with van der Waals surface area (Å²) >= 11 is 0. The van der Waals surface area contributed by atoms with Crippen LogP contribution in [-0.4, -0.2) is 36.8 Å². The van der Waals surface area contributed by atoms with Crippen LogP contribution in [0.3, 0.4) is 0 Å². The topological polar surface area (TPSA) is 129 Å². The normalized spacial score (nSPS) is 17.2. The summed E-state index contributed by atoms with van der Waals surface area (Å²) in [5, 5.41) is 7.84. The number of anilines is 1. The second kappa shape index (κ2) is 10.3. The van der Waals surface area contributed by atoms with Crippen LogP contribution in [0.15, 0.2) is 77.2 Å². The van der Waals surface area contributed by atoms with E-state index >= 15 is 8.78 Å². The van der Waals surface area contributed by atoms with Crippen molar-refractivity contribution in [1.29, 1.82) is 0 Å². The van der Waals surface area contributed by atoms with Gasteiger partial charge in [0.05, 0.1) is 18.3 Å². The number of nitrogens with zero attached hydrogens (tertiary/aromatic N) is 3. The predicted octanol–water partition coefficient (Wildman–Crippen LogP) is 5.16. The van der Waals surface area contributed by atoms with E-state index in [0.29, 0.717) is 17.1 Å². The third-order valence-electron chi connectivity index (χ3n) is 7.10. The van der Waals surface area contributed by atoms with E-state index < -0.39 is 38.9 Å². The molecule has 4 aromatic rings. The Morgan fingerprint density at radius 3 is 2.37 bits per heavy atom. The molecule has 9 nitrogen and oxygen atoms in total. The van der Waals surface area contributed by atoms with Crippen LogP contribution in [0.2, 0.25) is 0 Å². The van der Waals surface area contributed by atoms with E-state index in [0.717, 1.165) is 6.26 Å². The monoisotopic (exact) mass is 582 g/mol. The number of rotatable bonds is 7. The molecule has 2 N–H and O–H groups in total. The summed E-state index contributed by atoms with van der Waals surface area (Å²) in [5.41, 5.74) is 6.40. The maximum atomic E-state index is 15.3. The van der Waals surface area contributed by atoms with Crippen molar-refractivity contribution in [3.63, 3.8) is 0 Å². The third kappa shape index (κ3) is 5.57. The molecule has 1 aliphatic heterocycles. The van der Waals surface area contributed by atoms with Crippen LogP contribution in [0.4, 0.5) is 14.5 Å². The zero-order valence-electron chi connectivity index (χ0n) is 22.5. The molecule has 0 bridgehead atoms. The molecule has 5 rings (SSSR count). The largest absolute Gasteiger partial charge is 0.457 e. The molecule has 12 heteroatoms. The number of amides is 1. The molecule has 41 heavy (non-hydrogen) atoms. The van der Waals surface area contributed by atoms with Crippen LogP contribution in [0, 0.1) is 0 Å². The van der Waals surface area contributed by atoms with E-state index in [1.165, 1.54) is 36.9 Å². The Bertz CT molecular complexity index is 1690. The molecule has 1 aromatic heterocycles. The summed E-state index contributed by atoms with van der Waals surface area (Å²) in [7, 11) is -3.61. The Kier molecular flexibility index (Phi) is 7.16. The molecular weight excluding hydrogens is 554 g/mol. The van der Waals surface area contributed by atoms with Crippen molar-refractivity contribution in [2.75, 3.05) is 11.2 Å². The second-order valence-corrected chi connectivity index (χ2v) is 13.0. The van der Waals surface area contributed by atoms with Crippen LogP contribution >= 0.6 is 0 Å². The number of sulfone groups is 1. The van der Waals surface area contributed by atoms with Gasteiger partial charge in [0.15, 0.2) is 9.84 Å². The van der Waals surface area contributed by atoms with Gasteiger partial charge in [0, 0.05) is 23.8 Å². The number of benzene rings is 3. The lowest BCUT2D eigenvalue weighted by atomic mass is 10.00. The van der Waals surface area contributed by atoms with Gasteiger partial charge in [0.1, 0.15) is 16.2 Å². The molecule has 1 amide bonds. The summed E-state index contributed by atoms with van der Waals surface area (Å²) < 4.78 is 65.0. The highest BCUT2D eigenvalue weighted by atomic mass is 32.2. The zero-order chi connectivity index (χ0) is 29.6. The van der Waals surface area contributed by atoms with Gasteiger partial charge in [-0.15, -0.1) is 10.2 Å². The van der Waals surface area contributed by atoms with Gasteiger partial charge in [0.2, 0.25) is 17.7 Å². The number of aromatic nitrogens is 2. The summed E-state index contributed by atoms with van der Waals surface area (Å²) in [6.45, 7) is 2.81. The van der Waals surface area contributed by atoms with Crippen molar-refractivity contribution in [3.8, 4) is 23.0 Å². The lowest BCUT2D eigenvalue weighted by Gasteiger charge is -2.25. The molecule has 0 fully saturated rings. The van der Waals surface area contributed by atoms with Crippen LogP contribution in [-0.2, 0) is 31.8 Å². The highest BCUT2D eigenvalue weighted by Gasteiger charge is 2.44. The number of fused-ring (bicyclic) bond motifs is 1. The number of carbonyl (C=O) groups is 1. The van der Waals surface area contributed by atoms with Gasteiger partial charge in [-0.05, 0) is 55.8 Å². The van der Waals surface area contributed by atoms with Gasteiger partial charge in [-0.1, -0.05) is 36.4 Å². The Morgan fingerprint density at radius 2 is 1.71 bits per heavy atom. The number of carbonyl (C=O) groups excluding carboxylic acids is 1. The minimum atomic E-state index is -3.61. The minimum Gasteiger partial charge on any atom is -0.457 e. The van der Waals surface area contributed by atoms with Gasteiger partial charge >= 0.3 is 0 Å². The van der Waals surface area contributed by atoms with Crippen LogP contribution in [0.5, 0.6) is 11.5 Å². The number of hydrogen-bond acceptors (Lipinski definition) is 8. The molecule has 0 saturated heterocycles. The van der Waals surface area contributed by atoms with E-state index in [-0.39, 0.29) is 35.1 Å². The third-order valence-corrected chi connectivity index (χ3v) is 9.13. The quantitative estimate of drug-likeness (QED) is 0.316. The highest BCUT2D eigenvalue weighted by molar-refractivity contribution is 7.91. The molecule has 0 spiro atoms. The smallest absolute Gasteiger partial charge is 0.277 e. The Labute approximate surface area is 235 Å². The van der Waals surface area contributed by atoms with Crippen LogP contribution in [0.25, 0.3) is 11.5 Å². The number of nitrogens with two attached hydrogens (primary N) is 1. The van der Waals surface area contributed by atoms with E-state index in [4.69, 9.17) is 14.9 Å². The number of para-hydroxylation sites is 1. The van der Waals surface area contributed by atoms with Gasteiger partial charge < -0.3 is 19.8 Å². The first-order chi connectivity index (χ1) is 19.3. The summed E-state index contributed by atoms with van der Waals surface area (Å²) in [4.78, 5) is 14.5. The fraction of sp³-hybridized carbons (Fsp3) is 0.276. The molecule has 1 aliphatic rings. The van der Waals surface area contributed by atoms with E-state index in [2.05, 4.69) is 10.2 Å². The van der Waals surface area contributed by atoms with Crippen molar-refractivity contribution in [1.82, 2.24) is 10.2 Å². The van der Waals surface area contributed by atoms with Gasteiger partial charge in [-0.3, -0.25) is 4.79 Å². The Balaban J connectivity index is 1.50. The molecular formula is C29H28F2N4O5S. The lowest BCUT2D eigenvalue weighted by molar-refractivity contribution is -0.122. The highest BCUT2D eigenvalue weighted by Crippen LogP contribution is 2.44. The Morgan fingerprint density at radius 1 is 1.05 bits per heavy atom. The maximum absolute atomic E-state index is 15.3. The first-order valence-electron chi connectivity index (χ1n) is 12.7. The van der Waals surface area contributed by atoms with Crippen molar-refractivity contribution < 1.29 is 31.1 Å². The van der Waals surface area contributed by atoms with Crippen LogP contribution < -0.4 is 15.4 Å². The number of ether oxygens (including phenoxy) is 1. The molecule has 0 radical (unpaired) electrons. The molecule has 1 atom stereocenters. The van der Waals surface area contributed by atoms with Crippen molar-refractivity contribution in [2.24, 2.45) is 5.73 Å². The number of halogens is 2. The molecule has 0 unspecified atom stereocenters. The average molecular weight is 583 g/mol. The fourth-order valence-corrected chi connectivity index (χ4v) is 4.76. The predicted molar refractivity (Wildman–Crippen MR) is 148 cm³/mol. The average Bonchev–Trinajstić information content (AvgIpc) is 3.41. The van der Waals surface area contributed by atoms with E-state index in [1.54, 1.807) is 24.3 Å². The molecule has 3 aromatic carbocycles. The summed E-state index contributed by atoms with van der Waals surface area (Å²) in [6, 6.07) is 18.6. The molecule has 214 valence electrons. The standard InChI is InChI=1S/C29H28F2N4O5S/c1-28(2,41(3,37)38)27-34-33-25(40-27)19-11-14-22-24(15-19)35(26(36)23(32)16-29(22,30)31)17-18-9-12-21(13-10-18)39-20-7-5-4-6-8-20/h4-15,23H,16-17,32H2,1-3H3/t23-/m0/s1. The lowest BCUT2D eigenvalue weighted by Crippen LogP contribution is -2.43. The van der Waals surface area contributed by atoms with Gasteiger partial charge in [0.25, 0.3) is 5.92 Å². The molecule has 0 saturated carbocycles. The number of alkyl halides is 2. The second-order valence-electron chi connectivity index (χ2n) is 10.4. The first kappa shape index (κ1) is 28.4. The van der Waals surface area contributed by atoms with Crippen molar-refractivity contribution in [3.05, 3.63) is 89.8 Å². The van der Waals surface area contributed by atoms with E-state index in [9.17, 15) is 13.2 Å². The SMILES string of the molecule is CC(C)(c1nnc(-c2ccc3c(c2)N(Cc2ccc(Oc4ccccc4)cc2)C(=O)[C@@H](N)CC3(F)F)o1)S(C)(=O)=O. The molecule has 0 aliphatic carbocycles. The van der Waals surface area contributed by atoms with E-state index in [1.807, 2.05) is 30.3 Å². The fourth-order valence-electron chi connectivity index (χ4n) is 4.36. The van der Waals surface area contributed by atoms with Gasteiger partial charge in [-0.2, -0.15) is 0 Å². The maximum Gasteiger partial charge on any atom is 0.277 e.